The molecule has 0 unspecified atom stereocenters. The third-order valence-corrected chi connectivity index (χ3v) is 7.00. The van der Waals surface area contributed by atoms with Crippen molar-refractivity contribution in [1.82, 2.24) is 0 Å². The van der Waals surface area contributed by atoms with Crippen molar-refractivity contribution >= 4 is 44.7 Å². The summed E-state index contributed by atoms with van der Waals surface area (Å²) in [6.45, 7) is 4.66. The van der Waals surface area contributed by atoms with Crippen molar-refractivity contribution in [2.75, 3.05) is 16.8 Å². The van der Waals surface area contributed by atoms with Crippen LogP contribution in [0.3, 0.4) is 0 Å². The Balaban J connectivity index is 1.75. The highest BCUT2D eigenvalue weighted by Crippen LogP contribution is 2.36. The first-order chi connectivity index (χ1) is 15.8. The number of halogens is 1. The molecule has 0 aromatic heterocycles. The van der Waals surface area contributed by atoms with E-state index in [1.807, 2.05) is 36.1 Å². The number of hydrogen-bond acceptors (Lipinski definition) is 4. The van der Waals surface area contributed by atoms with E-state index >= 15 is 0 Å². The number of anilines is 2. The van der Waals surface area contributed by atoms with Crippen molar-refractivity contribution < 1.29 is 13.2 Å². The van der Waals surface area contributed by atoms with Gasteiger partial charge in [0.15, 0.2) is 5.84 Å². The molecule has 1 amide bonds. The highest BCUT2D eigenvalue weighted by Gasteiger charge is 2.32. The molecule has 1 heterocycles. The van der Waals surface area contributed by atoms with Gasteiger partial charge >= 0.3 is 0 Å². The van der Waals surface area contributed by atoms with Crippen LogP contribution in [0, 0.1) is 6.92 Å². The molecule has 3 aromatic carbocycles. The minimum absolute atomic E-state index is 0.0620. The zero-order chi connectivity index (χ0) is 23.6. The van der Waals surface area contributed by atoms with Gasteiger partial charge in [0.05, 0.1) is 16.3 Å². The fraction of sp³-hybridized carbons (Fsp3) is 0.200. The van der Waals surface area contributed by atoms with Crippen LogP contribution in [-0.2, 0) is 10.0 Å². The summed E-state index contributed by atoms with van der Waals surface area (Å²) in [5.41, 5.74) is 2.98. The number of hydrogen-bond donors (Lipinski definition) is 1. The van der Waals surface area contributed by atoms with Gasteiger partial charge in [0.2, 0.25) is 0 Å². The molecule has 0 saturated heterocycles. The van der Waals surface area contributed by atoms with E-state index in [0.717, 1.165) is 24.0 Å². The molecule has 33 heavy (non-hydrogen) atoms. The Kier molecular flexibility index (Phi) is 6.54. The van der Waals surface area contributed by atoms with Gasteiger partial charge in [-0.2, -0.15) is 8.42 Å². The number of benzene rings is 3. The smallest absolute Gasteiger partial charge is 0.286 e. The predicted molar refractivity (Wildman–Crippen MR) is 133 cm³/mol. The molecule has 3 aromatic rings. The first-order valence-electron chi connectivity index (χ1n) is 10.7. The van der Waals surface area contributed by atoms with Crippen LogP contribution in [0.1, 0.15) is 41.3 Å². The largest absolute Gasteiger partial charge is 0.324 e. The summed E-state index contributed by atoms with van der Waals surface area (Å²) in [7, 11) is -3.97. The maximum absolute atomic E-state index is 13.2. The fourth-order valence-electron chi connectivity index (χ4n) is 3.73. The van der Waals surface area contributed by atoms with E-state index in [2.05, 4.69) is 16.6 Å². The van der Waals surface area contributed by atoms with Crippen molar-refractivity contribution in [2.24, 2.45) is 4.40 Å². The summed E-state index contributed by atoms with van der Waals surface area (Å²) in [4.78, 5) is 14.7. The van der Waals surface area contributed by atoms with Crippen LogP contribution in [0.2, 0.25) is 5.02 Å². The first kappa shape index (κ1) is 23.0. The lowest BCUT2D eigenvalue weighted by Gasteiger charge is -2.31. The minimum Gasteiger partial charge on any atom is -0.324 e. The topological polar surface area (TPSA) is 78.8 Å². The lowest BCUT2D eigenvalue weighted by Crippen LogP contribution is -2.37. The Labute approximate surface area is 199 Å². The highest BCUT2D eigenvalue weighted by molar-refractivity contribution is 7.90. The molecule has 1 aliphatic rings. The van der Waals surface area contributed by atoms with Crippen molar-refractivity contribution in [3.05, 3.63) is 88.4 Å². The Morgan fingerprint density at radius 2 is 1.85 bits per heavy atom. The normalized spacial score (nSPS) is 14.4. The van der Waals surface area contributed by atoms with Gasteiger partial charge in [0, 0.05) is 17.8 Å². The second-order valence-corrected chi connectivity index (χ2v) is 9.86. The number of unbranched alkanes of at least 4 members (excludes halogenated alkanes) is 1. The van der Waals surface area contributed by atoms with Crippen LogP contribution in [0.5, 0.6) is 0 Å². The standard InChI is InChI=1S/C25H24ClN3O3S/c1-3-4-14-29-22-13-12-19(27-25(30)20-10-5-6-11-21(20)26)16-23(22)33(31,32)28-24(29)18-9-7-8-17(2)15-18/h5-13,15-16H,3-4,14H2,1-2H3,(H,27,30). The van der Waals surface area contributed by atoms with E-state index in [-0.39, 0.29) is 4.90 Å². The molecule has 0 radical (unpaired) electrons. The monoisotopic (exact) mass is 481 g/mol. The lowest BCUT2D eigenvalue weighted by atomic mass is 10.1. The molecule has 0 aliphatic carbocycles. The quantitative estimate of drug-likeness (QED) is 0.493. The number of rotatable bonds is 6. The lowest BCUT2D eigenvalue weighted by molar-refractivity contribution is 0.102. The third kappa shape index (κ3) is 4.79. The number of aryl methyl sites for hydroxylation is 1. The van der Waals surface area contributed by atoms with Gasteiger partial charge in [-0.25, -0.2) is 0 Å². The Morgan fingerprint density at radius 1 is 1.06 bits per heavy atom. The second kappa shape index (κ2) is 9.37. The van der Waals surface area contributed by atoms with Crippen LogP contribution >= 0.6 is 11.6 Å². The molecule has 0 atom stereocenters. The third-order valence-electron chi connectivity index (χ3n) is 5.38. The van der Waals surface area contributed by atoms with Gasteiger partial charge in [-0.05, 0) is 49.7 Å². The summed E-state index contributed by atoms with van der Waals surface area (Å²) in [6.07, 6.45) is 1.82. The summed E-state index contributed by atoms with van der Waals surface area (Å²) < 4.78 is 30.5. The number of amidine groups is 1. The predicted octanol–water partition coefficient (Wildman–Crippen LogP) is 5.66. The molecule has 8 heteroatoms. The Hall–Kier alpha value is -3.16. The zero-order valence-corrected chi connectivity index (χ0v) is 19.9. The molecule has 6 nitrogen and oxygen atoms in total. The highest BCUT2D eigenvalue weighted by atomic mass is 35.5. The number of fused-ring (bicyclic) bond motifs is 1. The average Bonchev–Trinajstić information content (AvgIpc) is 2.78. The van der Waals surface area contributed by atoms with Crippen molar-refractivity contribution in [1.29, 1.82) is 0 Å². The van der Waals surface area contributed by atoms with Gasteiger partial charge in [-0.3, -0.25) is 4.79 Å². The van der Waals surface area contributed by atoms with Gasteiger partial charge in [0.1, 0.15) is 4.90 Å². The van der Waals surface area contributed by atoms with Crippen molar-refractivity contribution in [3.63, 3.8) is 0 Å². The van der Waals surface area contributed by atoms with Crippen LogP contribution in [0.4, 0.5) is 11.4 Å². The maximum Gasteiger partial charge on any atom is 0.286 e. The zero-order valence-electron chi connectivity index (χ0n) is 18.4. The second-order valence-electron chi connectivity index (χ2n) is 7.88. The van der Waals surface area contributed by atoms with E-state index in [1.165, 1.54) is 6.07 Å². The minimum atomic E-state index is -3.97. The molecule has 4 rings (SSSR count). The van der Waals surface area contributed by atoms with E-state index in [1.54, 1.807) is 36.4 Å². The average molecular weight is 482 g/mol. The molecule has 0 saturated carbocycles. The van der Waals surface area contributed by atoms with Crippen molar-refractivity contribution in [3.8, 4) is 0 Å². The summed E-state index contributed by atoms with van der Waals surface area (Å²) >= 11 is 6.12. The number of sulfonamides is 1. The summed E-state index contributed by atoms with van der Waals surface area (Å²) in [5, 5.41) is 3.06. The van der Waals surface area contributed by atoms with Gasteiger partial charge in [-0.15, -0.1) is 4.40 Å². The molecule has 1 aliphatic heterocycles. The molecule has 0 spiro atoms. The molecular weight excluding hydrogens is 458 g/mol. The molecular formula is C25H24ClN3O3S. The fourth-order valence-corrected chi connectivity index (χ4v) is 5.20. The van der Waals surface area contributed by atoms with Gasteiger partial charge in [0.25, 0.3) is 15.9 Å². The first-order valence-corrected chi connectivity index (χ1v) is 12.5. The summed E-state index contributed by atoms with van der Waals surface area (Å²) in [6, 6.07) is 19.2. The van der Waals surface area contributed by atoms with Gasteiger partial charge < -0.3 is 10.2 Å². The Morgan fingerprint density at radius 3 is 2.58 bits per heavy atom. The van der Waals surface area contributed by atoms with Crippen LogP contribution in [0.15, 0.2) is 76.0 Å². The Bertz CT molecular complexity index is 1350. The van der Waals surface area contributed by atoms with Crippen LogP contribution in [-0.4, -0.2) is 26.7 Å². The molecule has 170 valence electrons. The number of nitrogens with zero attached hydrogens (tertiary/aromatic N) is 2. The van der Waals surface area contributed by atoms with Crippen molar-refractivity contribution in [2.45, 2.75) is 31.6 Å². The number of amides is 1. The van der Waals surface area contributed by atoms with Gasteiger partial charge in [-0.1, -0.05) is 60.8 Å². The SMILES string of the molecule is CCCCN1C(c2cccc(C)c2)=NS(=O)(=O)c2cc(NC(=O)c3ccccc3Cl)ccc21. The number of carbonyl (C=O) groups excluding carboxylic acids is 1. The number of carbonyl (C=O) groups is 1. The summed E-state index contributed by atoms with van der Waals surface area (Å²) in [5.74, 6) is -0.00643. The van der Waals surface area contributed by atoms with E-state index in [4.69, 9.17) is 11.6 Å². The molecule has 0 fully saturated rings. The van der Waals surface area contributed by atoms with Crippen LogP contribution < -0.4 is 10.2 Å². The van der Waals surface area contributed by atoms with E-state index in [9.17, 15) is 13.2 Å². The van der Waals surface area contributed by atoms with E-state index < -0.39 is 15.9 Å². The molecule has 1 N–H and O–H groups in total. The maximum atomic E-state index is 13.2. The van der Waals surface area contributed by atoms with Crippen LogP contribution in [0.25, 0.3) is 0 Å². The molecule has 0 bridgehead atoms. The van der Waals surface area contributed by atoms with E-state index in [0.29, 0.717) is 34.3 Å². The number of nitrogens with one attached hydrogen (secondary N) is 1.